The van der Waals surface area contributed by atoms with Crippen LogP contribution in [0.1, 0.15) is 10.4 Å². The number of halogens is 2. The van der Waals surface area contributed by atoms with Gasteiger partial charge in [-0.3, -0.25) is 14.8 Å². The van der Waals surface area contributed by atoms with Gasteiger partial charge < -0.3 is 19.7 Å². The Labute approximate surface area is 229 Å². The number of ether oxygens (including phenoxy) is 2. The number of methoxy groups -OCH3 is 1. The number of hydrogen-bond acceptors (Lipinski definition) is 6. The zero-order valence-corrected chi connectivity index (χ0v) is 21.8. The highest BCUT2D eigenvalue weighted by Gasteiger charge is 2.25. The average molecular weight is 543 g/mol. The first-order chi connectivity index (χ1) is 19.1. The largest absolute Gasteiger partial charge is 0.495 e. The second kappa shape index (κ2) is 10.5. The third-order valence-corrected chi connectivity index (χ3v) is 7.17. The minimum absolute atomic E-state index is 0.277. The number of nitrogens with one attached hydrogen (secondary N) is 1. The number of carbonyl (C=O) groups excluding carboxylic acids is 1. The SMILES string of the molecule is COc1c(Cl)cccc1-c1c(F)ccc2c(N3CCOCC3)c(NC(=O)c3ccnc4ccccc34)cnc12. The third-order valence-electron chi connectivity index (χ3n) is 6.87. The van der Waals surface area contributed by atoms with E-state index >= 15 is 4.39 Å². The summed E-state index contributed by atoms with van der Waals surface area (Å²) >= 11 is 6.38. The molecule has 0 unspecified atom stereocenters. The Balaban J connectivity index is 1.53. The van der Waals surface area contributed by atoms with Gasteiger partial charge in [-0.1, -0.05) is 41.9 Å². The van der Waals surface area contributed by atoms with Crippen LogP contribution >= 0.6 is 11.6 Å². The van der Waals surface area contributed by atoms with E-state index in [1.54, 1.807) is 42.7 Å². The van der Waals surface area contributed by atoms with E-state index < -0.39 is 5.82 Å². The maximum absolute atomic E-state index is 15.5. The van der Waals surface area contributed by atoms with Crippen LogP contribution in [0, 0.1) is 5.82 Å². The van der Waals surface area contributed by atoms with Crippen molar-refractivity contribution in [1.29, 1.82) is 0 Å². The smallest absolute Gasteiger partial charge is 0.256 e. The number of benzene rings is 3. The minimum atomic E-state index is -0.455. The van der Waals surface area contributed by atoms with E-state index in [1.165, 1.54) is 13.2 Å². The predicted molar refractivity (Wildman–Crippen MR) is 151 cm³/mol. The minimum Gasteiger partial charge on any atom is -0.495 e. The Bertz CT molecular complexity index is 1720. The van der Waals surface area contributed by atoms with Gasteiger partial charge in [-0.05, 0) is 30.3 Å². The van der Waals surface area contributed by atoms with Crippen LogP contribution < -0.4 is 15.0 Å². The van der Waals surface area contributed by atoms with Crippen molar-refractivity contribution in [3.63, 3.8) is 0 Å². The molecule has 0 radical (unpaired) electrons. The van der Waals surface area contributed by atoms with Crippen molar-refractivity contribution in [2.45, 2.75) is 0 Å². The molecule has 0 aliphatic carbocycles. The molecule has 5 aromatic rings. The van der Waals surface area contributed by atoms with Crippen LogP contribution in [-0.2, 0) is 4.74 Å². The zero-order chi connectivity index (χ0) is 26.9. The van der Waals surface area contributed by atoms with Crippen LogP contribution in [0.4, 0.5) is 15.8 Å². The second-order valence-electron chi connectivity index (χ2n) is 9.09. The predicted octanol–water partition coefficient (Wildman–Crippen LogP) is 6.34. The first-order valence-corrected chi connectivity index (χ1v) is 12.9. The summed E-state index contributed by atoms with van der Waals surface area (Å²) in [6, 6.07) is 17.5. The molecule has 1 aliphatic heterocycles. The summed E-state index contributed by atoms with van der Waals surface area (Å²) in [5.74, 6) is -0.381. The van der Waals surface area contributed by atoms with E-state index in [0.29, 0.717) is 64.8 Å². The summed E-state index contributed by atoms with van der Waals surface area (Å²) < 4.78 is 26.6. The summed E-state index contributed by atoms with van der Waals surface area (Å²) in [5.41, 5.74) is 3.70. The number of fused-ring (bicyclic) bond motifs is 2. The number of carbonyl (C=O) groups is 1. The normalized spacial score (nSPS) is 13.6. The lowest BCUT2D eigenvalue weighted by Gasteiger charge is -2.31. The van der Waals surface area contributed by atoms with Crippen LogP contribution in [0.5, 0.6) is 5.75 Å². The van der Waals surface area contributed by atoms with Gasteiger partial charge in [0.1, 0.15) is 11.6 Å². The number of amides is 1. The van der Waals surface area contributed by atoms with Crippen molar-refractivity contribution in [2.75, 3.05) is 43.6 Å². The second-order valence-corrected chi connectivity index (χ2v) is 9.50. The summed E-state index contributed by atoms with van der Waals surface area (Å²) in [6.07, 6.45) is 3.20. The Morgan fingerprint density at radius 3 is 2.67 bits per heavy atom. The molecule has 39 heavy (non-hydrogen) atoms. The molecule has 1 fully saturated rings. The number of nitrogens with zero attached hydrogens (tertiary/aromatic N) is 3. The molecule has 0 saturated carbocycles. The van der Waals surface area contributed by atoms with Gasteiger partial charge >= 0.3 is 0 Å². The van der Waals surface area contributed by atoms with Gasteiger partial charge in [0, 0.05) is 41.2 Å². The van der Waals surface area contributed by atoms with Crippen molar-refractivity contribution >= 4 is 50.7 Å². The maximum atomic E-state index is 15.5. The maximum Gasteiger partial charge on any atom is 0.256 e. The molecular formula is C30H24ClFN4O3. The standard InChI is InChI=1S/C30H24ClFN4O3/c1-38-29-20(6-4-7-22(29)31)26-23(32)10-9-21-27(26)34-17-25(28(21)36-13-15-39-16-14-36)35-30(37)19-11-12-33-24-8-3-2-5-18(19)24/h2-12,17H,13-16H2,1H3,(H,35,37). The molecule has 1 N–H and O–H groups in total. The lowest BCUT2D eigenvalue weighted by molar-refractivity contribution is 0.102. The summed E-state index contributed by atoms with van der Waals surface area (Å²) in [5, 5.41) is 4.87. The highest BCUT2D eigenvalue weighted by atomic mass is 35.5. The summed E-state index contributed by atoms with van der Waals surface area (Å²) in [6.45, 7) is 2.27. The Morgan fingerprint density at radius 1 is 1.03 bits per heavy atom. The molecule has 9 heteroatoms. The highest BCUT2D eigenvalue weighted by Crippen LogP contribution is 2.43. The van der Waals surface area contributed by atoms with Crippen molar-refractivity contribution in [2.24, 2.45) is 0 Å². The molecule has 1 amide bonds. The molecule has 1 aliphatic rings. The number of pyridine rings is 2. The van der Waals surface area contributed by atoms with Crippen molar-refractivity contribution in [1.82, 2.24) is 9.97 Å². The number of morpholine rings is 1. The molecule has 1 saturated heterocycles. The van der Waals surface area contributed by atoms with Gasteiger partial charge in [-0.25, -0.2) is 4.39 Å². The molecular weight excluding hydrogens is 519 g/mol. The molecule has 196 valence electrons. The topological polar surface area (TPSA) is 76.6 Å². The molecule has 2 aromatic heterocycles. The van der Waals surface area contributed by atoms with E-state index in [1.807, 2.05) is 24.3 Å². The third kappa shape index (κ3) is 4.51. The van der Waals surface area contributed by atoms with E-state index in [-0.39, 0.29) is 11.5 Å². The van der Waals surface area contributed by atoms with Crippen LogP contribution in [-0.4, -0.2) is 49.3 Å². The van der Waals surface area contributed by atoms with Gasteiger partial charge in [0.05, 0.1) is 59.5 Å². The Kier molecular flexibility index (Phi) is 6.72. The van der Waals surface area contributed by atoms with Gasteiger partial charge in [0.25, 0.3) is 5.91 Å². The van der Waals surface area contributed by atoms with Crippen LogP contribution in [0.3, 0.4) is 0 Å². The number of hydrogen-bond donors (Lipinski definition) is 1. The van der Waals surface area contributed by atoms with E-state index in [4.69, 9.17) is 21.1 Å². The molecule has 3 aromatic carbocycles. The Morgan fingerprint density at radius 2 is 1.85 bits per heavy atom. The quantitative estimate of drug-likeness (QED) is 0.279. The summed E-state index contributed by atoms with van der Waals surface area (Å²) in [4.78, 5) is 24.7. The van der Waals surface area contributed by atoms with E-state index in [0.717, 1.165) is 16.6 Å². The summed E-state index contributed by atoms with van der Waals surface area (Å²) in [7, 11) is 1.50. The van der Waals surface area contributed by atoms with E-state index in [2.05, 4.69) is 20.2 Å². The fourth-order valence-corrected chi connectivity index (χ4v) is 5.35. The first kappa shape index (κ1) is 25.0. The number of rotatable bonds is 5. The van der Waals surface area contributed by atoms with Gasteiger partial charge in [-0.2, -0.15) is 0 Å². The average Bonchev–Trinajstić information content (AvgIpc) is 2.97. The van der Waals surface area contributed by atoms with Gasteiger partial charge in [-0.15, -0.1) is 0 Å². The lowest BCUT2D eigenvalue weighted by Crippen LogP contribution is -2.37. The van der Waals surface area contributed by atoms with Crippen LogP contribution in [0.25, 0.3) is 32.9 Å². The number of para-hydroxylation sites is 2. The van der Waals surface area contributed by atoms with Crippen LogP contribution in [0.2, 0.25) is 5.02 Å². The van der Waals surface area contributed by atoms with Crippen molar-refractivity contribution < 1.29 is 18.7 Å². The molecule has 0 spiro atoms. The van der Waals surface area contributed by atoms with Gasteiger partial charge in [0.2, 0.25) is 0 Å². The molecule has 0 atom stereocenters. The fourth-order valence-electron chi connectivity index (χ4n) is 5.10. The number of anilines is 2. The lowest BCUT2D eigenvalue weighted by atomic mass is 9.98. The zero-order valence-electron chi connectivity index (χ0n) is 21.1. The van der Waals surface area contributed by atoms with Crippen molar-refractivity contribution in [3.8, 4) is 16.9 Å². The van der Waals surface area contributed by atoms with Crippen molar-refractivity contribution in [3.05, 3.63) is 89.5 Å². The number of aromatic nitrogens is 2. The molecule has 0 bridgehead atoms. The molecule has 3 heterocycles. The molecule has 7 nitrogen and oxygen atoms in total. The molecule has 6 rings (SSSR count). The fraction of sp³-hybridized carbons (Fsp3) is 0.167. The van der Waals surface area contributed by atoms with Gasteiger partial charge in [0.15, 0.2) is 0 Å². The van der Waals surface area contributed by atoms with E-state index in [9.17, 15) is 4.79 Å². The Hall–Kier alpha value is -4.27. The van der Waals surface area contributed by atoms with Crippen LogP contribution in [0.15, 0.2) is 73.1 Å². The highest BCUT2D eigenvalue weighted by molar-refractivity contribution is 6.32. The monoisotopic (exact) mass is 542 g/mol. The first-order valence-electron chi connectivity index (χ1n) is 12.5.